The monoisotopic (exact) mass is 727 g/mol. The number of hydrogen-bond acceptors (Lipinski definition) is 1. The van der Waals surface area contributed by atoms with Crippen LogP contribution in [-0.4, -0.2) is 0 Å². The molecule has 1 heteroatoms. The Balaban J connectivity index is 1.06. The van der Waals surface area contributed by atoms with Crippen molar-refractivity contribution in [3.63, 3.8) is 0 Å². The maximum Gasteiger partial charge on any atom is 0.0722 e. The summed E-state index contributed by atoms with van der Waals surface area (Å²) in [6.45, 7) is 4.74. The van der Waals surface area contributed by atoms with Gasteiger partial charge >= 0.3 is 0 Å². The lowest BCUT2D eigenvalue weighted by Gasteiger charge is -2.33. The Labute approximate surface area is 334 Å². The number of benzene rings is 8. The number of allylic oxidation sites excluding steroid dienone is 4. The molecule has 0 saturated heterocycles. The molecule has 270 valence electrons. The smallest absolute Gasteiger partial charge is 0.0722 e. The summed E-state index contributed by atoms with van der Waals surface area (Å²) in [5.74, 6) is 0.203. The summed E-state index contributed by atoms with van der Waals surface area (Å²) in [4.78, 5) is 2.48. The minimum atomic E-state index is -0.338. The van der Waals surface area contributed by atoms with Gasteiger partial charge < -0.3 is 4.90 Å². The summed E-state index contributed by atoms with van der Waals surface area (Å²) >= 11 is 0. The van der Waals surface area contributed by atoms with Gasteiger partial charge in [0.15, 0.2) is 0 Å². The molecule has 4 aliphatic carbocycles. The number of hydrogen-bond donors (Lipinski definition) is 0. The van der Waals surface area contributed by atoms with Crippen LogP contribution in [0.2, 0.25) is 0 Å². The van der Waals surface area contributed by atoms with Crippen molar-refractivity contribution in [1.82, 2.24) is 0 Å². The maximum absolute atomic E-state index is 2.48. The summed E-state index contributed by atoms with van der Waals surface area (Å²) in [5, 5.41) is 2.57. The molecule has 0 radical (unpaired) electrons. The standard InChI is InChI=1S/C56H41N/c1-55(2)47-26-12-8-20-40(47)43-32-31-37(35-52(43)55)57(36-17-4-3-5-18-36)53-34-33-39(38-19-6-7-23-44(38)53)45-25-16-30-51-54(45)46-24-11-15-29-50(46)56(51)48-27-13-9-21-41(48)42-22-10-14-28-49(42)56/h3-24,26-35,45H,25H2,1-2H3. The lowest BCUT2D eigenvalue weighted by molar-refractivity contribution is 0.660. The molecule has 0 heterocycles. The van der Waals surface area contributed by atoms with Gasteiger partial charge in [0.1, 0.15) is 0 Å². The molecular formula is C56H41N. The molecule has 57 heavy (non-hydrogen) atoms. The SMILES string of the molecule is CC1(C)c2ccccc2-c2ccc(N(c3ccccc3)c3ccc(C4CC=CC5=C4c4ccccc4C54c5ccccc5-c5ccccc54)c4ccccc34)cc21. The van der Waals surface area contributed by atoms with Crippen LogP contribution in [0, 0.1) is 0 Å². The first kappa shape index (κ1) is 32.5. The second-order valence-corrected chi connectivity index (χ2v) is 16.7. The second-order valence-electron chi connectivity index (χ2n) is 16.7. The van der Waals surface area contributed by atoms with Crippen molar-refractivity contribution in [2.75, 3.05) is 4.90 Å². The number of para-hydroxylation sites is 1. The summed E-state index contributed by atoms with van der Waals surface area (Å²) in [6, 6.07) is 68.4. The van der Waals surface area contributed by atoms with Gasteiger partial charge in [-0.1, -0.05) is 178 Å². The van der Waals surface area contributed by atoms with E-state index in [1.54, 1.807) is 0 Å². The first-order valence-electron chi connectivity index (χ1n) is 20.4. The van der Waals surface area contributed by atoms with E-state index >= 15 is 0 Å². The van der Waals surface area contributed by atoms with Crippen molar-refractivity contribution in [3.05, 3.63) is 239 Å². The van der Waals surface area contributed by atoms with Crippen LogP contribution >= 0.6 is 0 Å². The molecule has 0 N–H and O–H groups in total. The van der Waals surface area contributed by atoms with Crippen molar-refractivity contribution in [1.29, 1.82) is 0 Å². The van der Waals surface area contributed by atoms with E-state index in [9.17, 15) is 0 Å². The molecule has 1 atom stereocenters. The molecule has 1 nitrogen and oxygen atoms in total. The van der Waals surface area contributed by atoms with Gasteiger partial charge in [-0.15, -0.1) is 0 Å². The summed E-state index contributed by atoms with van der Waals surface area (Å²) in [7, 11) is 0. The average Bonchev–Trinajstić information content (AvgIpc) is 3.83. The quantitative estimate of drug-likeness (QED) is 0.174. The Kier molecular flexibility index (Phi) is 6.79. The molecular weight excluding hydrogens is 687 g/mol. The zero-order valence-corrected chi connectivity index (χ0v) is 32.2. The van der Waals surface area contributed by atoms with Gasteiger partial charge in [-0.3, -0.25) is 0 Å². The van der Waals surface area contributed by atoms with E-state index in [-0.39, 0.29) is 16.7 Å². The number of rotatable bonds is 4. The largest absolute Gasteiger partial charge is 0.310 e. The molecule has 4 aliphatic rings. The van der Waals surface area contributed by atoms with Gasteiger partial charge in [-0.25, -0.2) is 0 Å². The minimum Gasteiger partial charge on any atom is -0.310 e. The van der Waals surface area contributed by atoms with E-state index < -0.39 is 0 Å². The van der Waals surface area contributed by atoms with Crippen LogP contribution in [0.25, 0.3) is 38.6 Å². The van der Waals surface area contributed by atoms with Crippen molar-refractivity contribution in [2.45, 2.75) is 37.0 Å². The van der Waals surface area contributed by atoms with Crippen molar-refractivity contribution < 1.29 is 0 Å². The fourth-order valence-electron chi connectivity index (χ4n) is 11.3. The van der Waals surface area contributed by atoms with E-state index in [0.29, 0.717) is 0 Å². The van der Waals surface area contributed by atoms with Crippen LogP contribution in [0.4, 0.5) is 17.1 Å². The van der Waals surface area contributed by atoms with Crippen LogP contribution in [0.5, 0.6) is 0 Å². The zero-order chi connectivity index (χ0) is 37.9. The van der Waals surface area contributed by atoms with Gasteiger partial charge in [0.25, 0.3) is 0 Å². The van der Waals surface area contributed by atoms with Gasteiger partial charge in [-0.05, 0) is 114 Å². The molecule has 0 fully saturated rings. The number of anilines is 3. The summed E-state index contributed by atoms with van der Waals surface area (Å²) in [6.07, 6.45) is 5.87. The highest BCUT2D eigenvalue weighted by molar-refractivity contribution is 6.04. The molecule has 8 aromatic rings. The molecule has 8 aromatic carbocycles. The number of nitrogens with zero attached hydrogens (tertiary/aromatic N) is 1. The van der Waals surface area contributed by atoms with E-state index in [0.717, 1.165) is 12.1 Å². The minimum absolute atomic E-state index is 0.0918. The van der Waals surface area contributed by atoms with Crippen molar-refractivity contribution >= 4 is 33.4 Å². The molecule has 1 unspecified atom stereocenters. The Morgan fingerprint density at radius 2 is 1.00 bits per heavy atom. The third kappa shape index (κ3) is 4.29. The van der Waals surface area contributed by atoms with E-state index in [2.05, 4.69) is 213 Å². The van der Waals surface area contributed by atoms with Crippen LogP contribution in [0.1, 0.15) is 65.1 Å². The predicted molar refractivity (Wildman–Crippen MR) is 238 cm³/mol. The first-order chi connectivity index (χ1) is 28.1. The van der Waals surface area contributed by atoms with Crippen molar-refractivity contribution in [2.24, 2.45) is 0 Å². The highest BCUT2D eigenvalue weighted by Gasteiger charge is 2.53. The van der Waals surface area contributed by atoms with Crippen LogP contribution in [-0.2, 0) is 10.8 Å². The second kappa shape index (κ2) is 11.9. The molecule has 1 spiro atoms. The van der Waals surface area contributed by atoms with E-state index in [1.165, 1.54) is 94.5 Å². The Bertz CT molecular complexity index is 2990. The third-order valence-corrected chi connectivity index (χ3v) is 13.7. The fourth-order valence-corrected chi connectivity index (χ4v) is 11.3. The molecule has 0 saturated carbocycles. The average molecular weight is 728 g/mol. The molecule has 0 amide bonds. The molecule has 0 aliphatic heterocycles. The highest BCUT2D eigenvalue weighted by atomic mass is 15.1. The first-order valence-corrected chi connectivity index (χ1v) is 20.4. The van der Waals surface area contributed by atoms with Gasteiger partial charge in [0, 0.05) is 28.1 Å². The summed E-state index contributed by atoms with van der Waals surface area (Å²) in [5.41, 5.74) is 21.1. The lowest BCUT2D eigenvalue weighted by atomic mass is 9.68. The van der Waals surface area contributed by atoms with Crippen LogP contribution in [0.15, 0.2) is 200 Å². The Morgan fingerprint density at radius 1 is 0.456 bits per heavy atom. The zero-order valence-electron chi connectivity index (χ0n) is 32.2. The molecule has 12 rings (SSSR count). The van der Waals surface area contributed by atoms with Gasteiger partial charge in [0.2, 0.25) is 0 Å². The third-order valence-electron chi connectivity index (χ3n) is 13.7. The van der Waals surface area contributed by atoms with E-state index in [1.807, 2.05) is 0 Å². The molecule has 0 aromatic heterocycles. The number of fused-ring (bicyclic) bond motifs is 13. The van der Waals surface area contributed by atoms with Crippen LogP contribution < -0.4 is 4.90 Å². The van der Waals surface area contributed by atoms with Crippen molar-refractivity contribution in [3.8, 4) is 22.3 Å². The topological polar surface area (TPSA) is 3.24 Å². The fraction of sp³-hybridized carbons (Fsp3) is 0.107. The molecule has 0 bridgehead atoms. The summed E-state index contributed by atoms with van der Waals surface area (Å²) < 4.78 is 0. The normalized spacial score (nSPS) is 17.2. The Hall–Kier alpha value is -6.70. The maximum atomic E-state index is 2.48. The van der Waals surface area contributed by atoms with Gasteiger partial charge in [-0.2, -0.15) is 0 Å². The Morgan fingerprint density at radius 3 is 1.70 bits per heavy atom. The van der Waals surface area contributed by atoms with Crippen LogP contribution in [0.3, 0.4) is 0 Å². The predicted octanol–water partition coefficient (Wildman–Crippen LogP) is 14.4. The lowest BCUT2D eigenvalue weighted by Crippen LogP contribution is -2.27. The highest BCUT2D eigenvalue weighted by Crippen LogP contribution is 2.65. The van der Waals surface area contributed by atoms with Gasteiger partial charge in [0.05, 0.1) is 11.1 Å². The van der Waals surface area contributed by atoms with E-state index in [4.69, 9.17) is 0 Å².